The largest absolute Gasteiger partial charge is 0.361 e. The van der Waals surface area contributed by atoms with E-state index in [0.717, 1.165) is 48.0 Å². The molecule has 1 fully saturated rings. The van der Waals surface area contributed by atoms with E-state index in [0.29, 0.717) is 5.56 Å². The van der Waals surface area contributed by atoms with Crippen LogP contribution >= 0.6 is 0 Å². The number of fused-ring (bicyclic) bond motifs is 2. The number of amides is 2. The Morgan fingerprint density at radius 2 is 1.71 bits per heavy atom. The van der Waals surface area contributed by atoms with Crippen molar-refractivity contribution >= 4 is 22.7 Å². The van der Waals surface area contributed by atoms with Gasteiger partial charge in [0.25, 0.3) is 5.91 Å². The number of hydrogen-bond donors (Lipinski definition) is 1. The number of carbonyl (C=O) groups is 2. The minimum absolute atomic E-state index is 0.0312. The molecule has 1 saturated heterocycles. The first-order valence-electron chi connectivity index (χ1n) is 9.87. The van der Waals surface area contributed by atoms with Gasteiger partial charge >= 0.3 is 0 Å². The van der Waals surface area contributed by atoms with Gasteiger partial charge in [-0.25, -0.2) is 0 Å². The SMILES string of the molecule is CN1C(=O)c2ccccc2C(C(=O)N2CCCC2)C1c1c[nH]c2ccccc12. The maximum Gasteiger partial charge on any atom is 0.254 e. The highest BCUT2D eigenvalue weighted by molar-refractivity contribution is 6.02. The number of aromatic nitrogens is 1. The Labute approximate surface area is 163 Å². The summed E-state index contributed by atoms with van der Waals surface area (Å²) in [6.07, 6.45) is 4.05. The molecule has 0 saturated carbocycles. The molecule has 0 radical (unpaired) electrons. The number of para-hydroxylation sites is 1. The molecular weight excluding hydrogens is 350 g/mol. The molecule has 3 heterocycles. The third-order valence-electron chi connectivity index (χ3n) is 6.20. The van der Waals surface area contributed by atoms with Gasteiger partial charge < -0.3 is 14.8 Å². The van der Waals surface area contributed by atoms with Crippen molar-refractivity contribution < 1.29 is 9.59 Å². The van der Waals surface area contributed by atoms with E-state index < -0.39 is 5.92 Å². The molecule has 142 valence electrons. The molecule has 5 nitrogen and oxygen atoms in total. The molecule has 1 aromatic heterocycles. The molecule has 0 aliphatic carbocycles. The number of carbonyl (C=O) groups excluding carboxylic acids is 2. The van der Waals surface area contributed by atoms with Gasteiger partial charge in [-0.05, 0) is 30.5 Å². The Morgan fingerprint density at radius 3 is 2.54 bits per heavy atom. The van der Waals surface area contributed by atoms with Crippen molar-refractivity contribution in [3.05, 3.63) is 71.4 Å². The van der Waals surface area contributed by atoms with E-state index in [1.165, 1.54) is 0 Å². The maximum absolute atomic E-state index is 13.6. The number of nitrogens with zero attached hydrogens (tertiary/aromatic N) is 2. The minimum atomic E-state index is -0.392. The molecule has 2 aliphatic heterocycles. The second-order valence-electron chi connectivity index (χ2n) is 7.75. The lowest BCUT2D eigenvalue weighted by Gasteiger charge is -2.40. The molecule has 5 rings (SSSR count). The van der Waals surface area contributed by atoms with Crippen LogP contribution in [0.25, 0.3) is 10.9 Å². The van der Waals surface area contributed by atoms with Crippen LogP contribution in [-0.4, -0.2) is 46.7 Å². The zero-order valence-electron chi connectivity index (χ0n) is 15.9. The predicted molar refractivity (Wildman–Crippen MR) is 108 cm³/mol. The highest BCUT2D eigenvalue weighted by atomic mass is 16.2. The van der Waals surface area contributed by atoms with Crippen LogP contribution in [0.5, 0.6) is 0 Å². The summed E-state index contributed by atoms with van der Waals surface area (Å²) in [7, 11) is 1.81. The van der Waals surface area contributed by atoms with Gasteiger partial charge in [-0.1, -0.05) is 36.4 Å². The number of benzene rings is 2. The average molecular weight is 373 g/mol. The van der Waals surface area contributed by atoms with Crippen molar-refractivity contribution in [1.29, 1.82) is 0 Å². The van der Waals surface area contributed by atoms with Crippen LogP contribution in [0.1, 0.15) is 46.3 Å². The first-order chi connectivity index (χ1) is 13.7. The zero-order valence-corrected chi connectivity index (χ0v) is 15.9. The molecule has 2 aliphatic rings. The highest BCUT2D eigenvalue weighted by Crippen LogP contribution is 2.45. The Hall–Kier alpha value is -3.08. The molecule has 2 atom stereocenters. The molecule has 2 aromatic carbocycles. The number of aromatic amines is 1. The van der Waals surface area contributed by atoms with Crippen molar-refractivity contribution in [2.24, 2.45) is 0 Å². The lowest BCUT2D eigenvalue weighted by atomic mass is 9.79. The molecule has 5 heteroatoms. The van der Waals surface area contributed by atoms with Crippen LogP contribution in [0.15, 0.2) is 54.7 Å². The molecular formula is C23H23N3O2. The lowest BCUT2D eigenvalue weighted by molar-refractivity contribution is -0.133. The number of likely N-dealkylation sites (N-methyl/N-ethyl adjacent to an activating group) is 1. The Morgan fingerprint density at radius 1 is 1.00 bits per heavy atom. The number of rotatable bonds is 2. The van der Waals surface area contributed by atoms with Gasteiger partial charge in [0.15, 0.2) is 0 Å². The summed E-state index contributed by atoms with van der Waals surface area (Å²) in [6, 6.07) is 15.3. The van der Waals surface area contributed by atoms with Crippen molar-refractivity contribution in [2.45, 2.75) is 24.8 Å². The van der Waals surface area contributed by atoms with Gasteiger partial charge in [-0.3, -0.25) is 9.59 Å². The molecule has 0 spiro atoms. The van der Waals surface area contributed by atoms with Crippen LogP contribution in [0.3, 0.4) is 0 Å². The van der Waals surface area contributed by atoms with Gasteiger partial charge in [0.2, 0.25) is 5.91 Å². The fourth-order valence-corrected chi connectivity index (χ4v) is 4.80. The van der Waals surface area contributed by atoms with E-state index in [2.05, 4.69) is 11.1 Å². The van der Waals surface area contributed by atoms with Gasteiger partial charge in [0.05, 0.1) is 12.0 Å². The predicted octanol–water partition coefficient (Wildman–Crippen LogP) is 3.70. The minimum Gasteiger partial charge on any atom is -0.361 e. The fourth-order valence-electron chi connectivity index (χ4n) is 4.80. The number of hydrogen-bond acceptors (Lipinski definition) is 2. The summed E-state index contributed by atoms with van der Waals surface area (Å²) >= 11 is 0. The van der Waals surface area contributed by atoms with E-state index >= 15 is 0 Å². The highest BCUT2D eigenvalue weighted by Gasteiger charge is 2.45. The fraction of sp³-hybridized carbons (Fsp3) is 0.304. The Balaban J connectivity index is 1.71. The van der Waals surface area contributed by atoms with E-state index in [4.69, 9.17) is 0 Å². The van der Waals surface area contributed by atoms with Crippen molar-refractivity contribution in [1.82, 2.24) is 14.8 Å². The average Bonchev–Trinajstić information content (AvgIpc) is 3.40. The first kappa shape index (κ1) is 17.0. The molecule has 1 N–H and O–H groups in total. The van der Waals surface area contributed by atoms with E-state index in [9.17, 15) is 9.59 Å². The second kappa shape index (κ2) is 6.51. The smallest absolute Gasteiger partial charge is 0.254 e. The topological polar surface area (TPSA) is 56.4 Å². The van der Waals surface area contributed by atoms with Crippen LogP contribution in [-0.2, 0) is 4.79 Å². The van der Waals surface area contributed by atoms with Crippen LogP contribution in [0, 0.1) is 0 Å². The zero-order chi connectivity index (χ0) is 19.3. The molecule has 2 unspecified atom stereocenters. The van der Waals surface area contributed by atoms with Gasteiger partial charge in [0, 0.05) is 48.4 Å². The number of H-pyrrole nitrogens is 1. The summed E-state index contributed by atoms with van der Waals surface area (Å²) < 4.78 is 0. The third kappa shape index (κ3) is 2.46. The number of nitrogens with one attached hydrogen (secondary N) is 1. The second-order valence-corrected chi connectivity index (χ2v) is 7.75. The van der Waals surface area contributed by atoms with E-state index in [1.54, 1.807) is 4.90 Å². The summed E-state index contributed by atoms with van der Waals surface area (Å²) in [5, 5.41) is 1.06. The van der Waals surface area contributed by atoms with Gasteiger partial charge in [0.1, 0.15) is 0 Å². The molecule has 0 bridgehead atoms. The Kier molecular flexibility index (Phi) is 3.97. The third-order valence-corrected chi connectivity index (χ3v) is 6.20. The van der Waals surface area contributed by atoms with Gasteiger partial charge in [-0.2, -0.15) is 0 Å². The monoisotopic (exact) mass is 373 g/mol. The molecule has 3 aromatic rings. The normalized spacial score (nSPS) is 22.0. The van der Waals surface area contributed by atoms with Crippen LogP contribution in [0.4, 0.5) is 0 Å². The maximum atomic E-state index is 13.6. The summed E-state index contributed by atoms with van der Waals surface area (Å²) in [5.41, 5.74) is 3.50. The summed E-state index contributed by atoms with van der Waals surface area (Å²) in [4.78, 5) is 33.8. The molecule has 2 amide bonds. The van der Waals surface area contributed by atoms with Crippen molar-refractivity contribution in [3.63, 3.8) is 0 Å². The summed E-state index contributed by atoms with van der Waals surface area (Å²) in [6.45, 7) is 1.60. The van der Waals surface area contributed by atoms with Crippen molar-refractivity contribution in [2.75, 3.05) is 20.1 Å². The first-order valence-corrected chi connectivity index (χ1v) is 9.87. The van der Waals surface area contributed by atoms with Crippen LogP contribution < -0.4 is 0 Å². The quantitative estimate of drug-likeness (QED) is 0.745. The van der Waals surface area contributed by atoms with Gasteiger partial charge in [-0.15, -0.1) is 0 Å². The van der Waals surface area contributed by atoms with E-state index in [-0.39, 0.29) is 17.9 Å². The lowest BCUT2D eigenvalue weighted by Crippen LogP contribution is -2.46. The standard InChI is InChI=1S/C23H23N3O2/c1-25-21(18-14-24-19-11-5-4-8-15(18)19)20(23(28)26-12-6-7-13-26)16-9-2-3-10-17(16)22(25)27/h2-5,8-11,14,20-21,24H,6-7,12-13H2,1H3. The summed E-state index contributed by atoms with van der Waals surface area (Å²) in [5.74, 6) is -0.299. The van der Waals surface area contributed by atoms with Crippen LogP contribution in [0.2, 0.25) is 0 Å². The Bertz CT molecular complexity index is 1060. The van der Waals surface area contributed by atoms with E-state index in [1.807, 2.05) is 60.6 Å². The number of likely N-dealkylation sites (tertiary alicyclic amines) is 1. The van der Waals surface area contributed by atoms with Crippen molar-refractivity contribution in [3.8, 4) is 0 Å². The molecule has 28 heavy (non-hydrogen) atoms.